The summed E-state index contributed by atoms with van der Waals surface area (Å²) in [6.07, 6.45) is 0.627. The van der Waals surface area contributed by atoms with E-state index in [1.165, 1.54) is 12.1 Å². The molecule has 3 nitrogen and oxygen atoms in total. The summed E-state index contributed by atoms with van der Waals surface area (Å²) in [6, 6.07) is 6.51. The molecule has 0 radical (unpaired) electrons. The second-order valence-electron chi connectivity index (χ2n) is 5.96. The first-order chi connectivity index (χ1) is 8.85. The van der Waals surface area contributed by atoms with E-state index < -0.39 is 5.60 Å². The smallest absolute Gasteiger partial charge is 0.410 e. The second-order valence-corrected chi connectivity index (χ2v) is 5.96. The number of nitrogens with zero attached hydrogens (tertiary/aromatic N) is 1. The molecule has 1 fully saturated rings. The zero-order valence-electron chi connectivity index (χ0n) is 11.6. The standard InChI is InChI=1S/C15H20FNO2/c1-15(2,3)19-14(18)17-9-8-12(10-17)11-4-6-13(16)7-5-11/h4-7,12H,8-10H2,1-3H3. The van der Waals surface area contributed by atoms with Gasteiger partial charge in [-0.15, -0.1) is 0 Å². The van der Waals surface area contributed by atoms with Crippen molar-refractivity contribution >= 4 is 6.09 Å². The lowest BCUT2D eigenvalue weighted by Crippen LogP contribution is -2.35. The van der Waals surface area contributed by atoms with E-state index in [-0.39, 0.29) is 17.8 Å². The van der Waals surface area contributed by atoms with Crippen molar-refractivity contribution in [2.24, 2.45) is 0 Å². The van der Waals surface area contributed by atoms with Crippen molar-refractivity contribution in [1.29, 1.82) is 0 Å². The Morgan fingerprint density at radius 3 is 2.53 bits per heavy atom. The predicted molar refractivity (Wildman–Crippen MR) is 71.6 cm³/mol. The van der Waals surface area contributed by atoms with Crippen molar-refractivity contribution < 1.29 is 13.9 Å². The quantitative estimate of drug-likeness (QED) is 0.777. The van der Waals surface area contributed by atoms with Crippen LogP contribution in [0.15, 0.2) is 24.3 Å². The van der Waals surface area contributed by atoms with E-state index in [0.717, 1.165) is 12.0 Å². The molecule has 104 valence electrons. The number of likely N-dealkylation sites (tertiary alicyclic amines) is 1. The van der Waals surface area contributed by atoms with Crippen LogP contribution in [0.2, 0.25) is 0 Å². The van der Waals surface area contributed by atoms with E-state index in [0.29, 0.717) is 13.1 Å². The summed E-state index contributed by atoms with van der Waals surface area (Å²) in [7, 11) is 0. The highest BCUT2D eigenvalue weighted by Gasteiger charge is 2.30. The number of carbonyl (C=O) groups excluding carboxylic acids is 1. The van der Waals surface area contributed by atoms with Crippen LogP contribution < -0.4 is 0 Å². The van der Waals surface area contributed by atoms with Crippen LogP contribution in [0, 0.1) is 5.82 Å². The van der Waals surface area contributed by atoms with Gasteiger partial charge in [-0.05, 0) is 44.9 Å². The van der Waals surface area contributed by atoms with E-state index in [4.69, 9.17) is 4.74 Å². The first-order valence-electron chi connectivity index (χ1n) is 6.58. The summed E-state index contributed by atoms with van der Waals surface area (Å²) >= 11 is 0. The maximum Gasteiger partial charge on any atom is 0.410 e. The van der Waals surface area contributed by atoms with Crippen LogP contribution in [0.4, 0.5) is 9.18 Å². The van der Waals surface area contributed by atoms with E-state index in [1.807, 2.05) is 20.8 Å². The van der Waals surface area contributed by atoms with Gasteiger partial charge in [0.05, 0.1) is 0 Å². The number of ether oxygens (including phenoxy) is 1. The fourth-order valence-electron chi connectivity index (χ4n) is 2.26. The lowest BCUT2D eigenvalue weighted by Gasteiger charge is -2.24. The molecule has 1 aromatic rings. The molecule has 1 heterocycles. The highest BCUT2D eigenvalue weighted by molar-refractivity contribution is 5.68. The molecule has 0 saturated carbocycles. The zero-order chi connectivity index (χ0) is 14.0. The number of hydrogen-bond acceptors (Lipinski definition) is 2. The Hall–Kier alpha value is -1.58. The number of amides is 1. The SMILES string of the molecule is CC(C)(C)OC(=O)N1CCC(c2ccc(F)cc2)C1. The average Bonchev–Trinajstić information content (AvgIpc) is 2.77. The highest BCUT2D eigenvalue weighted by atomic mass is 19.1. The molecule has 19 heavy (non-hydrogen) atoms. The summed E-state index contributed by atoms with van der Waals surface area (Å²) in [5.74, 6) is 0.0406. The second kappa shape index (κ2) is 5.19. The Bertz CT molecular complexity index is 450. The number of hydrogen-bond donors (Lipinski definition) is 0. The van der Waals surface area contributed by atoms with E-state index in [1.54, 1.807) is 17.0 Å². The Kier molecular flexibility index (Phi) is 3.78. The molecule has 0 aromatic heterocycles. The average molecular weight is 265 g/mol. The molecular formula is C15H20FNO2. The highest BCUT2D eigenvalue weighted by Crippen LogP contribution is 2.28. The minimum atomic E-state index is -0.467. The molecule has 0 N–H and O–H groups in total. The van der Waals surface area contributed by atoms with Crippen LogP contribution in [0.3, 0.4) is 0 Å². The topological polar surface area (TPSA) is 29.5 Å². The summed E-state index contributed by atoms with van der Waals surface area (Å²) < 4.78 is 18.2. The van der Waals surface area contributed by atoms with Crippen LogP contribution >= 0.6 is 0 Å². The van der Waals surface area contributed by atoms with Crippen LogP contribution in [0.1, 0.15) is 38.7 Å². The fourth-order valence-corrected chi connectivity index (χ4v) is 2.26. The van der Waals surface area contributed by atoms with E-state index in [9.17, 15) is 9.18 Å². The third-order valence-corrected chi connectivity index (χ3v) is 3.18. The maximum atomic E-state index is 12.9. The van der Waals surface area contributed by atoms with Gasteiger partial charge in [0.2, 0.25) is 0 Å². The van der Waals surface area contributed by atoms with Gasteiger partial charge in [0.1, 0.15) is 11.4 Å². The number of benzene rings is 1. The summed E-state index contributed by atoms with van der Waals surface area (Å²) in [4.78, 5) is 13.7. The van der Waals surface area contributed by atoms with Gasteiger partial charge < -0.3 is 9.64 Å². The molecule has 2 rings (SSSR count). The van der Waals surface area contributed by atoms with Crippen LogP contribution in [0.25, 0.3) is 0 Å². The Morgan fingerprint density at radius 2 is 1.95 bits per heavy atom. The van der Waals surface area contributed by atoms with Gasteiger partial charge in [0.25, 0.3) is 0 Å². The maximum absolute atomic E-state index is 12.9. The number of halogens is 1. The van der Waals surface area contributed by atoms with E-state index >= 15 is 0 Å². The molecule has 1 aliphatic heterocycles. The molecule has 4 heteroatoms. The largest absolute Gasteiger partial charge is 0.444 e. The first-order valence-corrected chi connectivity index (χ1v) is 6.58. The zero-order valence-corrected chi connectivity index (χ0v) is 11.6. The van der Waals surface area contributed by atoms with Gasteiger partial charge in [-0.25, -0.2) is 9.18 Å². The van der Waals surface area contributed by atoms with E-state index in [2.05, 4.69) is 0 Å². The van der Waals surface area contributed by atoms with Gasteiger partial charge in [0.15, 0.2) is 0 Å². The Morgan fingerprint density at radius 1 is 1.32 bits per heavy atom. The minimum absolute atomic E-state index is 0.231. The predicted octanol–water partition coefficient (Wildman–Crippen LogP) is 3.55. The summed E-state index contributed by atoms with van der Waals surface area (Å²) in [5.41, 5.74) is 0.609. The molecule has 1 saturated heterocycles. The molecule has 1 atom stereocenters. The fraction of sp³-hybridized carbons (Fsp3) is 0.533. The van der Waals surface area contributed by atoms with Crippen molar-refractivity contribution in [1.82, 2.24) is 4.90 Å². The van der Waals surface area contributed by atoms with Gasteiger partial charge in [-0.2, -0.15) is 0 Å². The normalized spacial score (nSPS) is 19.6. The van der Waals surface area contributed by atoms with Gasteiger partial charge in [-0.1, -0.05) is 12.1 Å². The third-order valence-electron chi connectivity index (χ3n) is 3.18. The Labute approximate surface area is 113 Å². The molecule has 0 bridgehead atoms. The van der Waals surface area contributed by atoms with Crippen molar-refractivity contribution in [3.63, 3.8) is 0 Å². The first kappa shape index (κ1) is 13.8. The molecular weight excluding hydrogens is 245 g/mol. The van der Waals surface area contributed by atoms with Gasteiger partial charge in [0, 0.05) is 19.0 Å². The lowest BCUT2D eigenvalue weighted by molar-refractivity contribution is 0.0292. The minimum Gasteiger partial charge on any atom is -0.444 e. The van der Waals surface area contributed by atoms with Gasteiger partial charge in [-0.3, -0.25) is 0 Å². The third kappa shape index (κ3) is 3.69. The van der Waals surface area contributed by atoms with Crippen LogP contribution in [-0.2, 0) is 4.74 Å². The monoisotopic (exact) mass is 265 g/mol. The lowest BCUT2D eigenvalue weighted by atomic mass is 9.99. The van der Waals surface area contributed by atoms with Crippen LogP contribution in [0.5, 0.6) is 0 Å². The van der Waals surface area contributed by atoms with Crippen LogP contribution in [-0.4, -0.2) is 29.7 Å². The molecule has 0 spiro atoms. The number of rotatable bonds is 1. The summed E-state index contributed by atoms with van der Waals surface area (Å²) in [5, 5.41) is 0. The molecule has 1 aliphatic rings. The Balaban J connectivity index is 1.96. The van der Waals surface area contributed by atoms with Crippen molar-refractivity contribution in [2.75, 3.05) is 13.1 Å². The number of carbonyl (C=O) groups is 1. The van der Waals surface area contributed by atoms with Crippen molar-refractivity contribution in [3.05, 3.63) is 35.6 Å². The molecule has 1 aromatic carbocycles. The van der Waals surface area contributed by atoms with Crippen molar-refractivity contribution in [2.45, 2.75) is 38.7 Å². The molecule has 1 amide bonds. The van der Waals surface area contributed by atoms with Gasteiger partial charge >= 0.3 is 6.09 Å². The van der Waals surface area contributed by atoms with Crippen molar-refractivity contribution in [3.8, 4) is 0 Å². The molecule has 1 unspecified atom stereocenters. The molecule has 0 aliphatic carbocycles. The summed E-state index contributed by atoms with van der Waals surface area (Å²) in [6.45, 7) is 6.91.